The molecule has 12 rings (SSSR count). The van der Waals surface area contributed by atoms with E-state index in [9.17, 15) is 5.11 Å². The Hall–Kier alpha value is -5.60. The Morgan fingerprint density at radius 1 is 0.561 bits per heavy atom. The number of aliphatic hydroxyl groups is 1. The fraction of sp³-hybridized carbons (Fsp3) is 0.429. The first-order chi connectivity index (χ1) is 31.3. The molecule has 8 aromatic rings. The summed E-state index contributed by atoms with van der Waals surface area (Å²) in [6.45, 7) is 9.98. The smallest absolute Gasteiger partial charge is 0.870 e. The number of anilines is 4. The molecule has 17 heteroatoms. The number of pyridine rings is 4. The summed E-state index contributed by atoms with van der Waals surface area (Å²) < 4.78 is 4.77. The van der Waals surface area contributed by atoms with Gasteiger partial charge in [-0.15, -0.1) is 0 Å². The molecular formula is C49H57LiN14O2. The Balaban J connectivity index is 0.000000161. The van der Waals surface area contributed by atoms with Gasteiger partial charge in [0.15, 0.2) is 0 Å². The van der Waals surface area contributed by atoms with E-state index in [2.05, 4.69) is 94.3 Å². The predicted octanol–water partition coefficient (Wildman–Crippen LogP) is 5.91. The summed E-state index contributed by atoms with van der Waals surface area (Å²) in [5.74, 6) is 4.52. The van der Waals surface area contributed by atoms with Crippen LogP contribution in [0.2, 0.25) is 0 Å². The van der Waals surface area contributed by atoms with Gasteiger partial charge in [0.2, 0.25) is 11.9 Å². The first-order valence-corrected chi connectivity index (χ1v) is 23.2. The molecule has 336 valence electrons. The minimum Gasteiger partial charge on any atom is -0.870 e. The van der Waals surface area contributed by atoms with E-state index in [0.717, 1.165) is 99.9 Å². The number of rotatable bonds is 6. The zero-order valence-corrected chi connectivity index (χ0v) is 38.2. The van der Waals surface area contributed by atoms with Crippen LogP contribution >= 0.6 is 0 Å². The van der Waals surface area contributed by atoms with Crippen molar-refractivity contribution in [3.63, 3.8) is 0 Å². The van der Waals surface area contributed by atoms with E-state index in [1.165, 1.54) is 49.5 Å². The fourth-order valence-electron chi connectivity index (χ4n) is 10.5. The van der Waals surface area contributed by atoms with Crippen molar-refractivity contribution < 1.29 is 29.4 Å². The van der Waals surface area contributed by atoms with Gasteiger partial charge in [0.25, 0.3) is 0 Å². The second kappa shape index (κ2) is 19.3. The SMILES string of the molecule is CC1CCC(n2c3cnccc3c3cnc(Nc4ccc5c(n4)C(C)CNC5)nc32)CC1.CC1CCC(n2c3cnccc3c3cnc(Nc4ccc5c(n4)C(O)CNC5)nc32)CC1.[Li+].[OH-]. The van der Waals surface area contributed by atoms with Crippen LogP contribution in [0.25, 0.3) is 43.9 Å². The summed E-state index contributed by atoms with van der Waals surface area (Å²) in [6, 6.07) is 13.1. The van der Waals surface area contributed by atoms with Crippen LogP contribution in [-0.4, -0.2) is 72.7 Å². The van der Waals surface area contributed by atoms with Crippen molar-refractivity contribution in [2.45, 2.75) is 109 Å². The monoisotopic (exact) mass is 880 g/mol. The molecule has 0 radical (unpaired) electrons. The van der Waals surface area contributed by atoms with Crippen molar-refractivity contribution in [1.82, 2.24) is 59.6 Å². The van der Waals surface area contributed by atoms with E-state index in [1.54, 1.807) is 0 Å². The summed E-state index contributed by atoms with van der Waals surface area (Å²) in [6.07, 6.45) is 20.5. The Kier molecular flexibility index (Phi) is 13.3. The summed E-state index contributed by atoms with van der Waals surface area (Å²) >= 11 is 0. The van der Waals surface area contributed by atoms with E-state index in [4.69, 9.17) is 15.0 Å². The third-order valence-corrected chi connectivity index (χ3v) is 14.1. The van der Waals surface area contributed by atoms with E-state index in [0.29, 0.717) is 48.0 Å². The van der Waals surface area contributed by atoms with E-state index in [-0.39, 0.29) is 24.3 Å². The van der Waals surface area contributed by atoms with Crippen LogP contribution in [0.15, 0.2) is 73.6 Å². The van der Waals surface area contributed by atoms with Crippen molar-refractivity contribution in [3.8, 4) is 0 Å². The zero-order chi connectivity index (χ0) is 43.3. The third kappa shape index (κ3) is 8.74. The molecule has 8 aromatic heterocycles. The van der Waals surface area contributed by atoms with E-state index < -0.39 is 6.10 Å². The topological polar surface area (TPSA) is 211 Å². The zero-order valence-electron chi connectivity index (χ0n) is 38.2. The summed E-state index contributed by atoms with van der Waals surface area (Å²) in [5.41, 5.74) is 8.36. The molecule has 0 saturated heterocycles. The number of β-amino-alcohol motifs (C(OH)–C–C–N with tert-alkyl or cyclic N) is 1. The normalized spacial score (nSPS) is 22.7. The molecule has 0 aromatic carbocycles. The molecular weight excluding hydrogens is 824 g/mol. The maximum Gasteiger partial charge on any atom is 1.00 e. The molecule has 2 atom stereocenters. The van der Waals surface area contributed by atoms with Crippen molar-refractivity contribution in [1.29, 1.82) is 0 Å². The molecule has 0 bridgehead atoms. The molecule has 0 spiro atoms. The van der Waals surface area contributed by atoms with Gasteiger partial charge in [0, 0.05) is 90.5 Å². The van der Waals surface area contributed by atoms with Crippen LogP contribution in [0.1, 0.15) is 119 Å². The van der Waals surface area contributed by atoms with Crippen LogP contribution in [0.4, 0.5) is 23.5 Å². The average Bonchev–Trinajstić information content (AvgIpc) is 3.82. The molecule has 0 amide bonds. The number of aliphatic hydroxyl groups excluding tert-OH is 1. The maximum absolute atomic E-state index is 10.3. The number of nitrogens with one attached hydrogen (secondary N) is 4. The Morgan fingerprint density at radius 2 is 1.03 bits per heavy atom. The van der Waals surface area contributed by atoms with Crippen molar-refractivity contribution >= 4 is 67.4 Å². The molecule has 16 nitrogen and oxygen atoms in total. The molecule has 2 aliphatic carbocycles. The summed E-state index contributed by atoms with van der Waals surface area (Å²) in [4.78, 5) is 37.5. The van der Waals surface area contributed by atoms with Gasteiger partial charge in [-0.25, -0.2) is 19.9 Å². The van der Waals surface area contributed by atoms with Gasteiger partial charge < -0.3 is 41.0 Å². The van der Waals surface area contributed by atoms with Gasteiger partial charge in [-0.3, -0.25) is 9.97 Å². The average molecular weight is 881 g/mol. The molecule has 66 heavy (non-hydrogen) atoms. The van der Waals surface area contributed by atoms with Crippen LogP contribution in [-0.2, 0) is 13.1 Å². The van der Waals surface area contributed by atoms with Crippen LogP contribution < -0.4 is 40.1 Å². The first kappa shape index (κ1) is 45.5. The number of hydrogen-bond donors (Lipinski definition) is 5. The molecule has 2 unspecified atom stereocenters. The van der Waals surface area contributed by atoms with Crippen LogP contribution in [0.3, 0.4) is 0 Å². The van der Waals surface area contributed by atoms with Crippen molar-refractivity contribution in [3.05, 3.63) is 96.1 Å². The van der Waals surface area contributed by atoms with Gasteiger partial charge in [-0.05, 0) is 98.6 Å². The standard InChI is InChI=1S/C25H29N7.C24H27N7O.Li.H2O/c1-15-3-6-18(7-4-15)32-21-14-26-10-9-19(21)20-13-28-25(31-24(20)32)30-22-8-5-17-12-27-11-16(2)23(17)29-22;1-14-2-5-16(6-3-14)31-19-12-25-9-8-17(19)18-11-27-24(30-23(18)31)29-21-7-4-15-10-26-13-20(32)22(15)28-21;;/h5,8-10,13-16,18,27H,3-4,6-7,11-12H2,1-2H3,(H,28,29,30,31);4,7-9,11-12,14,16,20,26,32H,2-3,5-6,10,13H2,1H3,(H,27,28,29,30);;1H2/q;;+1;/p-1. The second-order valence-corrected chi connectivity index (χ2v) is 18.6. The van der Waals surface area contributed by atoms with Gasteiger partial charge >= 0.3 is 18.9 Å². The summed E-state index contributed by atoms with van der Waals surface area (Å²) in [5, 5.41) is 28.0. The number of nitrogens with zero attached hydrogens (tertiary/aromatic N) is 10. The van der Waals surface area contributed by atoms with E-state index >= 15 is 0 Å². The molecule has 10 heterocycles. The minimum absolute atomic E-state index is 0. The number of hydrogen-bond acceptors (Lipinski definition) is 14. The molecule has 2 fully saturated rings. The van der Waals surface area contributed by atoms with Gasteiger partial charge in [0.05, 0.1) is 34.8 Å². The molecule has 2 saturated carbocycles. The van der Waals surface area contributed by atoms with Crippen molar-refractivity contribution in [2.24, 2.45) is 11.8 Å². The third-order valence-electron chi connectivity index (χ3n) is 14.1. The predicted molar refractivity (Wildman–Crippen MR) is 253 cm³/mol. The largest absolute Gasteiger partial charge is 1.00 e. The van der Waals surface area contributed by atoms with Crippen molar-refractivity contribution in [2.75, 3.05) is 23.7 Å². The van der Waals surface area contributed by atoms with Crippen LogP contribution in [0.5, 0.6) is 0 Å². The van der Waals surface area contributed by atoms with E-state index in [1.807, 2.05) is 55.4 Å². The molecule has 4 aliphatic rings. The Morgan fingerprint density at radius 3 is 1.55 bits per heavy atom. The maximum atomic E-state index is 10.3. The Labute approximate surface area is 395 Å². The van der Waals surface area contributed by atoms with Gasteiger partial charge in [0.1, 0.15) is 29.0 Å². The van der Waals surface area contributed by atoms with Gasteiger partial charge in [-0.1, -0.05) is 32.9 Å². The quantitative estimate of drug-likeness (QED) is 0.123. The van der Waals surface area contributed by atoms with Crippen LogP contribution in [0, 0.1) is 11.8 Å². The summed E-state index contributed by atoms with van der Waals surface area (Å²) in [7, 11) is 0. The minimum atomic E-state index is -0.604. The number of aromatic nitrogens is 10. The fourth-order valence-corrected chi connectivity index (χ4v) is 10.5. The Bertz CT molecular complexity index is 2790. The van der Waals surface area contributed by atoms with Gasteiger partial charge in [-0.2, -0.15) is 9.97 Å². The molecule has 6 N–H and O–H groups in total. The second-order valence-electron chi connectivity index (χ2n) is 18.6. The number of fused-ring (bicyclic) bond motifs is 8. The molecule has 2 aliphatic heterocycles. The first-order valence-electron chi connectivity index (χ1n) is 23.2.